The third-order valence-electron chi connectivity index (χ3n) is 13.1. The first-order chi connectivity index (χ1) is 30.5. The normalized spacial score (nSPS) is 15.9. The minimum absolute atomic E-state index is 0.194. The molecule has 8 aromatic rings. The fourth-order valence-corrected chi connectivity index (χ4v) is 11.2. The molecule has 0 spiro atoms. The zero-order valence-corrected chi connectivity index (χ0v) is 36.9. The quantitative estimate of drug-likeness (QED) is 0.0408. The predicted molar refractivity (Wildman–Crippen MR) is 245 cm³/mol. The lowest BCUT2D eigenvalue weighted by atomic mass is 9.80. The molecule has 8 aromatic carbocycles. The van der Waals surface area contributed by atoms with E-state index in [4.69, 9.17) is 4.74 Å². The molecule has 0 bridgehead atoms. The van der Waals surface area contributed by atoms with Crippen molar-refractivity contribution in [3.05, 3.63) is 148 Å². The van der Waals surface area contributed by atoms with E-state index in [9.17, 15) is 28.1 Å². The van der Waals surface area contributed by atoms with Crippen LogP contribution in [0, 0.1) is 6.92 Å². The van der Waals surface area contributed by atoms with Crippen molar-refractivity contribution in [3.8, 4) is 11.5 Å². The number of fused-ring (bicyclic) bond motifs is 14. The van der Waals surface area contributed by atoms with Crippen LogP contribution in [-0.2, 0) is 30.3 Å². The Morgan fingerprint density at radius 1 is 0.781 bits per heavy atom. The second-order valence-electron chi connectivity index (χ2n) is 18.3. The first-order valence-corrected chi connectivity index (χ1v) is 22.9. The first kappa shape index (κ1) is 40.5. The van der Waals surface area contributed by atoms with E-state index in [0.29, 0.717) is 23.4 Å². The van der Waals surface area contributed by atoms with Gasteiger partial charge in [-0.3, -0.25) is 5.04 Å². The van der Waals surface area contributed by atoms with Crippen LogP contribution in [0.1, 0.15) is 60.3 Å². The number of hydrogen-bond acceptors (Lipinski definition) is 10. The number of anilines is 2. The van der Waals surface area contributed by atoms with E-state index >= 15 is 0 Å². The Kier molecular flexibility index (Phi) is 8.91. The number of nitrogens with zero attached hydrogens (tertiary/aromatic N) is 2. The Bertz CT molecular complexity index is 3640. The van der Waals surface area contributed by atoms with E-state index in [1.54, 1.807) is 18.2 Å². The number of ether oxygens (including phenoxy) is 1. The molecule has 0 aliphatic carbocycles. The van der Waals surface area contributed by atoms with Gasteiger partial charge in [0.15, 0.2) is 6.54 Å². The van der Waals surface area contributed by atoms with Crippen molar-refractivity contribution >= 4 is 94.4 Å². The van der Waals surface area contributed by atoms with Gasteiger partial charge in [-0.25, -0.2) is 13.2 Å². The second-order valence-corrected chi connectivity index (χ2v) is 20.4. The molecule has 0 radical (unpaired) electrons. The number of aromatic carboxylic acids is 1. The van der Waals surface area contributed by atoms with Gasteiger partial charge >= 0.3 is 5.97 Å². The molecule has 3 heterocycles. The van der Waals surface area contributed by atoms with Crippen LogP contribution in [0.2, 0.25) is 0 Å². The Balaban J connectivity index is 1.29. The minimum atomic E-state index is -4.71. The van der Waals surface area contributed by atoms with Crippen LogP contribution in [0.15, 0.2) is 119 Å². The van der Waals surface area contributed by atoms with E-state index in [1.807, 2.05) is 36.4 Å². The minimum Gasteiger partial charge on any atom is -0.744 e. The summed E-state index contributed by atoms with van der Waals surface area (Å²) in [6, 6.07) is 34.0. The predicted octanol–water partition coefficient (Wildman–Crippen LogP) is 8.92. The molecular weight excluding hydrogens is 849 g/mol. The van der Waals surface area contributed by atoms with Gasteiger partial charge in [0.25, 0.3) is 0 Å². The molecule has 11 nitrogen and oxygen atoms in total. The molecular formula is C51H39N2O9S2-. The molecule has 11 rings (SSSR count). The third-order valence-corrected chi connectivity index (χ3v) is 14.5. The molecule has 0 saturated carbocycles. The molecule has 0 atom stereocenters. The van der Waals surface area contributed by atoms with Crippen molar-refractivity contribution in [2.24, 2.45) is 0 Å². The highest BCUT2D eigenvalue weighted by Crippen LogP contribution is 2.56. The topological polar surface area (TPSA) is 151 Å². The summed E-state index contributed by atoms with van der Waals surface area (Å²) in [7, 11) is -4.71. The molecule has 3 aliphatic rings. The van der Waals surface area contributed by atoms with Crippen molar-refractivity contribution in [1.82, 2.24) is 4.58 Å². The van der Waals surface area contributed by atoms with Crippen LogP contribution in [-0.4, -0.2) is 37.1 Å². The third kappa shape index (κ3) is 6.21. The van der Waals surface area contributed by atoms with Crippen LogP contribution < -0.4 is 30.0 Å². The maximum atomic E-state index is 12.3. The molecule has 64 heavy (non-hydrogen) atoms. The van der Waals surface area contributed by atoms with Crippen molar-refractivity contribution in [2.45, 2.75) is 55.2 Å². The highest BCUT2D eigenvalue weighted by molar-refractivity contribution is 7.94. The Morgan fingerprint density at radius 3 is 2.16 bits per heavy atom. The lowest BCUT2D eigenvalue weighted by Gasteiger charge is -2.28. The van der Waals surface area contributed by atoms with Crippen molar-refractivity contribution < 1.29 is 42.2 Å². The standard InChI is InChI=1S/C51H40N2O9S2/c1-27-6-12-33(13-7-27)52-25-50(2,3)44-46(52)40-23-32-19-36(64(57,58)59)17-11-30(32)21-38(40)42-24-41-37-20-29-10-16-35(63-62-61-56)18-31(29)22-39(37)45-43(47(41)60-48(42)44)51(4,5)26-53(45)34-14-8-28(9-15-34)49(54)55/h6-24H,25-26H2,1-5H3,(H2-,54,55,56,57,58,59)/p-1. The van der Waals surface area contributed by atoms with Crippen LogP contribution >= 0.6 is 12.0 Å². The van der Waals surface area contributed by atoms with Crippen LogP contribution in [0.3, 0.4) is 0 Å². The first-order valence-electron chi connectivity index (χ1n) is 20.7. The number of hydrogen-bond donors (Lipinski definition) is 1. The summed E-state index contributed by atoms with van der Waals surface area (Å²) >= 11 is 0.826. The lowest BCUT2D eigenvalue weighted by Crippen LogP contribution is -2.29. The van der Waals surface area contributed by atoms with Crippen molar-refractivity contribution in [1.29, 1.82) is 0 Å². The fraction of sp³-hybridized carbons (Fsp3) is 0.176. The van der Waals surface area contributed by atoms with Gasteiger partial charge in [-0.2, -0.15) is 8.91 Å². The largest absolute Gasteiger partial charge is 0.744 e. The highest BCUT2D eigenvalue weighted by atomic mass is 32.2. The van der Waals surface area contributed by atoms with Gasteiger partial charge in [-0.15, -0.1) is 0 Å². The SMILES string of the molecule is Cc1ccc([N+]2=c3c(c4c(c5cc6ccc(S(=O)(=O)[O-])cc6cc35)=Cc3c(c5c(c6cc7cc(SOO[O-])ccc7cc36)N(c3ccc(C(=O)O)cc3)CC5(C)C)O4)C(C)(C)C2)cc1. The fourth-order valence-electron chi connectivity index (χ4n) is 10.3. The molecule has 0 unspecified atom stereocenters. The lowest BCUT2D eigenvalue weighted by molar-refractivity contribution is -0.777. The van der Waals surface area contributed by atoms with Gasteiger partial charge in [0.2, 0.25) is 11.0 Å². The van der Waals surface area contributed by atoms with Gasteiger partial charge in [0.1, 0.15) is 21.6 Å². The van der Waals surface area contributed by atoms with Crippen LogP contribution in [0.4, 0.5) is 17.1 Å². The number of carbonyl (C=O) groups is 1. The molecule has 0 saturated heterocycles. The molecule has 1 N–H and O–H groups in total. The van der Waals surface area contributed by atoms with Crippen LogP contribution in [0.25, 0.3) is 49.2 Å². The molecule has 13 heteroatoms. The number of aryl methyl sites for hydroxylation is 1. The monoisotopic (exact) mass is 887 g/mol. The molecule has 0 fully saturated rings. The van der Waals surface area contributed by atoms with E-state index in [2.05, 4.69) is 102 Å². The van der Waals surface area contributed by atoms with E-state index in [1.165, 1.54) is 12.1 Å². The van der Waals surface area contributed by atoms with E-state index < -0.39 is 26.9 Å². The number of carboxylic acids is 1. The van der Waals surface area contributed by atoms with Gasteiger partial charge in [-0.1, -0.05) is 43.7 Å². The Labute approximate surface area is 371 Å². The Hall–Kier alpha value is -6.32. The Morgan fingerprint density at radius 2 is 1.45 bits per heavy atom. The van der Waals surface area contributed by atoms with Crippen LogP contribution in [0.5, 0.6) is 11.5 Å². The summed E-state index contributed by atoms with van der Waals surface area (Å²) < 4.78 is 51.4. The molecule has 0 aromatic heterocycles. The average Bonchev–Trinajstić information content (AvgIpc) is 3.72. The summed E-state index contributed by atoms with van der Waals surface area (Å²) in [5.41, 5.74) is 6.16. The smallest absolute Gasteiger partial charge is 0.335 e. The highest BCUT2D eigenvalue weighted by Gasteiger charge is 2.46. The number of benzene rings is 8. The van der Waals surface area contributed by atoms with Gasteiger partial charge in [0.05, 0.1) is 44.6 Å². The summed E-state index contributed by atoms with van der Waals surface area (Å²) in [5, 5.41) is 33.0. The number of carboxylic acid groups (broad SMARTS) is 1. The molecule has 320 valence electrons. The molecule has 0 amide bonds. The van der Waals surface area contributed by atoms with Crippen molar-refractivity contribution in [2.75, 3.05) is 18.0 Å². The van der Waals surface area contributed by atoms with E-state index in [-0.39, 0.29) is 10.5 Å². The maximum absolute atomic E-state index is 12.3. The zero-order chi connectivity index (χ0) is 44.6. The van der Waals surface area contributed by atoms with E-state index in [0.717, 1.165) is 111 Å². The zero-order valence-electron chi connectivity index (χ0n) is 35.3. The molecule has 3 aliphatic heterocycles. The summed E-state index contributed by atoms with van der Waals surface area (Å²) in [4.78, 5) is 14.6. The summed E-state index contributed by atoms with van der Waals surface area (Å²) in [5.74, 6) is 0.492. The maximum Gasteiger partial charge on any atom is 0.335 e. The van der Waals surface area contributed by atoms with Gasteiger partial charge in [0, 0.05) is 56.4 Å². The average molecular weight is 888 g/mol. The number of rotatable bonds is 7. The second kappa shape index (κ2) is 14.1. The summed E-state index contributed by atoms with van der Waals surface area (Å²) in [6.07, 6.45) is 2.24. The summed E-state index contributed by atoms with van der Waals surface area (Å²) in [6.45, 7) is 12.1. The van der Waals surface area contributed by atoms with Crippen molar-refractivity contribution in [3.63, 3.8) is 0 Å². The van der Waals surface area contributed by atoms with Gasteiger partial charge in [-0.05, 0) is 132 Å². The van der Waals surface area contributed by atoms with Gasteiger partial charge < -0.3 is 24.6 Å².